The lowest BCUT2D eigenvalue weighted by atomic mass is 10.0. The molecule has 1 aromatic rings. The van der Waals surface area contributed by atoms with Gasteiger partial charge in [-0.1, -0.05) is 26.0 Å². The fourth-order valence-corrected chi connectivity index (χ4v) is 1.76. The Bertz CT molecular complexity index is 523. The lowest BCUT2D eigenvalue weighted by Crippen LogP contribution is -2.43. The first-order valence-corrected chi connectivity index (χ1v) is 6.88. The third-order valence-electron chi connectivity index (χ3n) is 2.83. The molecule has 1 aromatic carbocycles. The summed E-state index contributed by atoms with van der Waals surface area (Å²) in [5.74, 6) is -0.921. The van der Waals surface area contributed by atoms with E-state index in [9.17, 15) is 9.59 Å². The molecule has 5 heteroatoms. The molecule has 0 spiro atoms. The Morgan fingerprint density at radius 2 is 2.10 bits per heavy atom. The van der Waals surface area contributed by atoms with Crippen molar-refractivity contribution < 1.29 is 19.4 Å². The molecule has 0 aliphatic heterocycles. The van der Waals surface area contributed by atoms with Crippen LogP contribution in [0.2, 0.25) is 0 Å². The third kappa shape index (κ3) is 5.69. The number of hydrogen-bond donors (Lipinski definition) is 2. The molecule has 0 saturated heterocycles. The number of benzene rings is 1. The maximum atomic E-state index is 11.8. The predicted molar refractivity (Wildman–Crippen MR) is 81.0 cm³/mol. The molecule has 1 amide bonds. The van der Waals surface area contributed by atoms with E-state index >= 15 is 0 Å². The molecular weight excluding hydrogens is 270 g/mol. The summed E-state index contributed by atoms with van der Waals surface area (Å²) in [6.07, 6.45) is 2.94. The summed E-state index contributed by atoms with van der Waals surface area (Å²) < 4.78 is 5.37. The highest BCUT2D eigenvalue weighted by molar-refractivity contribution is 5.94. The lowest BCUT2D eigenvalue weighted by Gasteiger charge is -2.16. The summed E-state index contributed by atoms with van der Waals surface area (Å²) in [5, 5.41) is 11.5. The van der Waals surface area contributed by atoms with Gasteiger partial charge in [0, 0.05) is 6.08 Å². The second-order valence-electron chi connectivity index (χ2n) is 4.91. The van der Waals surface area contributed by atoms with E-state index in [2.05, 4.69) is 5.32 Å². The van der Waals surface area contributed by atoms with Crippen LogP contribution in [0.25, 0.3) is 6.08 Å². The van der Waals surface area contributed by atoms with Crippen LogP contribution in [-0.2, 0) is 9.59 Å². The Balaban J connectivity index is 2.69. The molecule has 0 fully saturated rings. The van der Waals surface area contributed by atoms with Crippen molar-refractivity contribution in [2.24, 2.45) is 5.92 Å². The number of carboxylic acids is 1. The van der Waals surface area contributed by atoms with Crippen molar-refractivity contribution in [1.29, 1.82) is 0 Å². The summed E-state index contributed by atoms with van der Waals surface area (Å²) >= 11 is 0. The van der Waals surface area contributed by atoms with E-state index in [1.807, 2.05) is 31.2 Å². The molecule has 0 bridgehead atoms. The molecule has 0 heterocycles. The van der Waals surface area contributed by atoms with Crippen LogP contribution < -0.4 is 10.1 Å². The van der Waals surface area contributed by atoms with Gasteiger partial charge >= 0.3 is 5.97 Å². The van der Waals surface area contributed by atoms with Crippen molar-refractivity contribution in [3.8, 4) is 5.75 Å². The van der Waals surface area contributed by atoms with Crippen molar-refractivity contribution in [1.82, 2.24) is 5.32 Å². The van der Waals surface area contributed by atoms with Gasteiger partial charge < -0.3 is 15.2 Å². The smallest absolute Gasteiger partial charge is 0.326 e. The molecule has 0 radical (unpaired) electrons. The lowest BCUT2D eigenvalue weighted by molar-refractivity contribution is -0.142. The molecule has 21 heavy (non-hydrogen) atoms. The number of hydrogen-bond acceptors (Lipinski definition) is 3. The van der Waals surface area contributed by atoms with E-state index in [0.29, 0.717) is 6.61 Å². The number of carbonyl (C=O) groups is 2. The summed E-state index contributed by atoms with van der Waals surface area (Å²) in [7, 11) is 0. The van der Waals surface area contributed by atoms with Gasteiger partial charge in [-0.05, 0) is 36.6 Å². The maximum Gasteiger partial charge on any atom is 0.326 e. The Kier molecular flexibility index (Phi) is 6.46. The number of nitrogens with one attached hydrogen (secondary N) is 1. The van der Waals surface area contributed by atoms with E-state index in [0.717, 1.165) is 11.3 Å². The van der Waals surface area contributed by atoms with Gasteiger partial charge in [0.05, 0.1) is 6.61 Å². The minimum absolute atomic E-state index is 0.180. The molecule has 0 aliphatic rings. The number of amides is 1. The average Bonchev–Trinajstić information content (AvgIpc) is 2.42. The average molecular weight is 291 g/mol. The van der Waals surface area contributed by atoms with Crippen LogP contribution in [0.4, 0.5) is 0 Å². The van der Waals surface area contributed by atoms with Crippen molar-refractivity contribution in [3.05, 3.63) is 35.9 Å². The first-order chi connectivity index (χ1) is 9.93. The predicted octanol–water partition coefficient (Wildman–Crippen LogP) is 2.32. The van der Waals surface area contributed by atoms with Crippen LogP contribution in [-0.4, -0.2) is 29.6 Å². The highest BCUT2D eigenvalue weighted by Gasteiger charge is 2.22. The largest absolute Gasteiger partial charge is 0.494 e. The topological polar surface area (TPSA) is 75.6 Å². The van der Waals surface area contributed by atoms with Gasteiger partial charge in [-0.15, -0.1) is 0 Å². The minimum atomic E-state index is -1.04. The number of carbonyl (C=O) groups excluding carboxylic acids is 1. The number of aliphatic carboxylic acids is 1. The molecule has 114 valence electrons. The summed E-state index contributed by atoms with van der Waals surface area (Å²) in [6, 6.07) is 6.42. The second-order valence-corrected chi connectivity index (χ2v) is 4.91. The normalized spacial score (nSPS) is 12.4. The molecule has 0 unspecified atom stereocenters. The maximum absolute atomic E-state index is 11.8. The van der Waals surface area contributed by atoms with Crippen molar-refractivity contribution >= 4 is 18.0 Å². The Hall–Kier alpha value is -2.30. The number of rotatable bonds is 7. The van der Waals surface area contributed by atoms with E-state index in [4.69, 9.17) is 9.84 Å². The zero-order valence-electron chi connectivity index (χ0n) is 12.5. The van der Waals surface area contributed by atoms with Gasteiger partial charge in [0.15, 0.2) is 0 Å². The Morgan fingerprint density at radius 3 is 2.67 bits per heavy atom. The molecular formula is C16H21NO4. The Morgan fingerprint density at radius 1 is 1.38 bits per heavy atom. The van der Waals surface area contributed by atoms with Gasteiger partial charge in [0.1, 0.15) is 11.8 Å². The first kappa shape index (κ1) is 16.8. The highest BCUT2D eigenvalue weighted by atomic mass is 16.5. The molecule has 1 atom stereocenters. The summed E-state index contributed by atoms with van der Waals surface area (Å²) in [6.45, 7) is 5.96. The van der Waals surface area contributed by atoms with Crippen LogP contribution >= 0.6 is 0 Å². The van der Waals surface area contributed by atoms with E-state index < -0.39 is 17.9 Å². The van der Waals surface area contributed by atoms with Crippen LogP contribution in [0.15, 0.2) is 30.3 Å². The minimum Gasteiger partial charge on any atom is -0.494 e. The van der Waals surface area contributed by atoms with Crippen molar-refractivity contribution in [2.75, 3.05) is 6.61 Å². The van der Waals surface area contributed by atoms with Gasteiger partial charge in [-0.25, -0.2) is 4.79 Å². The molecule has 0 aromatic heterocycles. The van der Waals surface area contributed by atoms with Crippen LogP contribution in [0.3, 0.4) is 0 Å². The van der Waals surface area contributed by atoms with Gasteiger partial charge in [0.2, 0.25) is 5.91 Å². The molecule has 0 saturated carbocycles. The highest BCUT2D eigenvalue weighted by Crippen LogP contribution is 2.14. The van der Waals surface area contributed by atoms with Crippen LogP contribution in [0.1, 0.15) is 26.3 Å². The standard InChI is InChI=1S/C16H21NO4/c1-4-21-13-7-5-6-12(10-13)8-9-14(18)17-15(11(2)3)16(19)20/h5-11,15H,4H2,1-3H3,(H,17,18)(H,19,20)/b9-8+/t15-/m1/s1. The van der Waals surface area contributed by atoms with Crippen molar-refractivity contribution in [3.63, 3.8) is 0 Å². The SMILES string of the molecule is CCOc1cccc(/C=C/C(=O)N[C@@H](C(=O)O)C(C)C)c1. The van der Waals surface area contributed by atoms with Gasteiger partial charge in [0.25, 0.3) is 0 Å². The number of ether oxygens (including phenoxy) is 1. The van der Waals surface area contributed by atoms with Crippen LogP contribution in [0.5, 0.6) is 5.75 Å². The third-order valence-corrected chi connectivity index (χ3v) is 2.83. The zero-order valence-corrected chi connectivity index (χ0v) is 12.5. The molecule has 2 N–H and O–H groups in total. The van der Waals surface area contributed by atoms with Gasteiger partial charge in [-0.2, -0.15) is 0 Å². The summed E-state index contributed by atoms with van der Waals surface area (Å²) in [5.41, 5.74) is 0.813. The Labute approximate surface area is 124 Å². The quantitative estimate of drug-likeness (QED) is 0.756. The van der Waals surface area contributed by atoms with Gasteiger partial charge in [-0.3, -0.25) is 4.79 Å². The fraction of sp³-hybridized carbons (Fsp3) is 0.375. The second kappa shape index (κ2) is 8.09. The van der Waals surface area contributed by atoms with Crippen LogP contribution in [0, 0.1) is 5.92 Å². The summed E-state index contributed by atoms with van der Waals surface area (Å²) in [4.78, 5) is 22.8. The molecule has 1 rings (SSSR count). The number of carboxylic acid groups (broad SMARTS) is 1. The molecule has 0 aliphatic carbocycles. The zero-order chi connectivity index (χ0) is 15.8. The monoisotopic (exact) mass is 291 g/mol. The van der Waals surface area contributed by atoms with E-state index in [-0.39, 0.29) is 5.92 Å². The first-order valence-electron chi connectivity index (χ1n) is 6.88. The van der Waals surface area contributed by atoms with E-state index in [1.165, 1.54) is 6.08 Å². The fourth-order valence-electron chi connectivity index (χ4n) is 1.76. The van der Waals surface area contributed by atoms with E-state index in [1.54, 1.807) is 19.9 Å². The molecule has 5 nitrogen and oxygen atoms in total. The van der Waals surface area contributed by atoms with Crippen molar-refractivity contribution in [2.45, 2.75) is 26.8 Å².